The van der Waals surface area contributed by atoms with E-state index in [4.69, 9.17) is 5.11 Å². The fraction of sp³-hybridized carbons (Fsp3) is 0.333. The molecule has 1 fully saturated rings. The number of nitrogens with one attached hydrogen (secondary N) is 1. The molecule has 1 saturated heterocycles. The second-order valence-corrected chi connectivity index (χ2v) is 6.86. The van der Waals surface area contributed by atoms with Gasteiger partial charge in [0.25, 0.3) is 0 Å². The number of rotatable bonds is 3. The normalized spacial score (nSPS) is 20.5. The van der Waals surface area contributed by atoms with Gasteiger partial charge in [-0.3, -0.25) is 4.79 Å². The summed E-state index contributed by atoms with van der Waals surface area (Å²) >= 11 is 0. The first-order chi connectivity index (χ1) is 9.28. The highest BCUT2D eigenvalue weighted by atomic mass is 32.2. The number of benzene rings is 1. The highest BCUT2D eigenvalue weighted by Gasteiger charge is 2.33. The monoisotopic (exact) mass is 299 g/mol. The molecule has 1 heterocycles. The second-order valence-electron chi connectivity index (χ2n) is 4.63. The van der Waals surface area contributed by atoms with Gasteiger partial charge in [-0.15, -0.1) is 0 Å². The number of hydrogen-bond acceptors (Lipinski definition) is 5. The van der Waals surface area contributed by atoms with E-state index in [0.29, 0.717) is 0 Å². The summed E-state index contributed by atoms with van der Waals surface area (Å²) in [6.45, 7) is 0. The van der Waals surface area contributed by atoms with Crippen molar-refractivity contribution in [3.8, 4) is 5.75 Å². The predicted molar refractivity (Wildman–Crippen MR) is 70.5 cm³/mol. The van der Waals surface area contributed by atoms with Crippen LogP contribution in [0, 0.1) is 5.92 Å². The summed E-state index contributed by atoms with van der Waals surface area (Å²) in [6.07, 6.45) is 0.252. The molecule has 3 N–H and O–H groups in total. The number of hydrogen-bond donors (Lipinski definition) is 3. The summed E-state index contributed by atoms with van der Waals surface area (Å²) in [4.78, 5) is 22.6. The van der Waals surface area contributed by atoms with Crippen LogP contribution < -0.4 is 5.32 Å². The summed E-state index contributed by atoms with van der Waals surface area (Å²) in [6, 6.07) is 3.52. The minimum atomic E-state index is -3.16. The summed E-state index contributed by atoms with van der Waals surface area (Å²) in [5.74, 6) is -2.93. The highest BCUT2D eigenvalue weighted by molar-refractivity contribution is 7.91. The lowest BCUT2D eigenvalue weighted by Crippen LogP contribution is -2.23. The van der Waals surface area contributed by atoms with E-state index >= 15 is 0 Å². The summed E-state index contributed by atoms with van der Waals surface area (Å²) < 4.78 is 22.6. The zero-order valence-electron chi connectivity index (χ0n) is 10.4. The van der Waals surface area contributed by atoms with Crippen LogP contribution in [0.25, 0.3) is 0 Å². The maximum atomic E-state index is 11.9. The standard InChI is InChI=1S/C12H13NO6S/c14-10-5-7(12(16)17)1-2-9(10)13-11(15)8-3-4-20(18,19)6-8/h1-2,5,8,14H,3-4,6H2,(H,13,15)(H,16,17). The molecule has 108 valence electrons. The van der Waals surface area contributed by atoms with Crippen molar-refractivity contribution in [3.63, 3.8) is 0 Å². The number of sulfone groups is 1. The fourth-order valence-corrected chi connectivity index (χ4v) is 3.75. The van der Waals surface area contributed by atoms with Crippen molar-refractivity contribution in [2.75, 3.05) is 16.8 Å². The number of amides is 1. The van der Waals surface area contributed by atoms with Crippen molar-refractivity contribution in [2.45, 2.75) is 6.42 Å². The van der Waals surface area contributed by atoms with E-state index in [2.05, 4.69) is 5.32 Å². The Balaban J connectivity index is 2.11. The van der Waals surface area contributed by atoms with Gasteiger partial charge in [-0.05, 0) is 24.6 Å². The van der Waals surface area contributed by atoms with Crippen molar-refractivity contribution < 1.29 is 28.2 Å². The number of aromatic hydroxyl groups is 1. The van der Waals surface area contributed by atoms with Gasteiger partial charge in [-0.25, -0.2) is 13.2 Å². The van der Waals surface area contributed by atoms with Crippen LogP contribution in [0.1, 0.15) is 16.8 Å². The third-order valence-corrected chi connectivity index (χ3v) is 4.87. The van der Waals surface area contributed by atoms with Gasteiger partial charge in [0.2, 0.25) is 5.91 Å². The van der Waals surface area contributed by atoms with Gasteiger partial charge >= 0.3 is 5.97 Å². The largest absolute Gasteiger partial charge is 0.506 e. The van der Waals surface area contributed by atoms with E-state index in [-0.39, 0.29) is 34.9 Å². The van der Waals surface area contributed by atoms with Crippen molar-refractivity contribution in [3.05, 3.63) is 23.8 Å². The van der Waals surface area contributed by atoms with Crippen molar-refractivity contribution in [1.82, 2.24) is 0 Å². The van der Waals surface area contributed by atoms with Crippen LogP contribution in [0.3, 0.4) is 0 Å². The lowest BCUT2D eigenvalue weighted by Gasteiger charge is -2.11. The molecule has 0 bridgehead atoms. The molecule has 1 aliphatic rings. The topological polar surface area (TPSA) is 121 Å². The van der Waals surface area contributed by atoms with E-state index in [9.17, 15) is 23.1 Å². The number of anilines is 1. The molecule has 1 unspecified atom stereocenters. The molecular weight excluding hydrogens is 286 g/mol. The van der Waals surface area contributed by atoms with Crippen LogP contribution in [0.5, 0.6) is 5.75 Å². The molecule has 0 radical (unpaired) electrons. The average Bonchev–Trinajstić information content (AvgIpc) is 2.72. The van der Waals surface area contributed by atoms with Gasteiger partial charge < -0.3 is 15.5 Å². The van der Waals surface area contributed by atoms with Crippen LogP contribution in [-0.4, -0.2) is 42.0 Å². The van der Waals surface area contributed by atoms with Crippen molar-refractivity contribution in [2.24, 2.45) is 5.92 Å². The number of carbonyl (C=O) groups is 2. The number of carboxylic acids is 1. The first-order valence-electron chi connectivity index (χ1n) is 5.86. The number of phenols is 1. The first-order valence-corrected chi connectivity index (χ1v) is 7.68. The fourth-order valence-electron chi connectivity index (χ4n) is 2.01. The Morgan fingerprint density at radius 2 is 2.00 bits per heavy atom. The van der Waals surface area contributed by atoms with Gasteiger partial charge in [0, 0.05) is 0 Å². The number of carboxylic acid groups (broad SMARTS) is 1. The Kier molecular flexibility index (Phi) is 3.67. The van der Waals surface area contributed by atoms with E-state index in [1.54, 1.807) is 0 Å². The van der Waals surface area contributed by atoms with Crippen LogP contribution in [-0.2, 0) is 14.6 Å². The minimum Gasteiger partial charge on any atom is -0.506 e. The zero-order chi connectivity index (χ0) is 14.9. The molecule has 8 heteroatoms. The Labute approximate surface area is 115 Å². The number of phenolic OH excluding ortho intramolecular Hbond substituents is 1. The van der Waals surface area contributed by atoms with Gasteiger partial charge in [-0.2, -0.15) is 0 Å². The molecule has 0 aromatic heterocycles. The molecular formula is C12H13NO6S. The van der Waals surface area contributed by atoms with Gasteiger partial charge in [0.05, 0.1) is 28.7 Å². The van der Waals surface area contributed by atoms with E-state index < -0.39 is 27.6 Å². The molecule has 20 heavy (non-hydrogen) atoms. The van der Waals surface area contributed by atoms with Crippen LogP contribution >= 0.6 is 0 Å². The molecule has 0 aliphatic carbocycles. The predicted octanol–water partition coefficient (Wildman–Crippen LogP) is 0.464. The van der Waals surface area contributed by atoms with Gasteiger partial charge in [0.15, 0.2) is 9.84 Å². The first kappa shape index (κ1) is 14.3. The molecule has 0 spiro atoms. The molecule has 1 aromatic rings. The van der Waals surface area contributed by atoms with Crippen molar-refractivity contribution >= 4 is 27.4 Å². The number of carbonyl (C=O) groups excluding carboxylic acids is 1. The Morgan fingerprint density at radius 3 is 2.50 bits per heavy atom. The van der Waals surface area contributed by atoms with Crippen LogP contribution in [0.2, 0.25) is 0 Å². The molecule has 1 aliphatic heterocycles. The van der Waals surface area contributed by atoms with Gasteiger partial charge in [-0.1, -0.05) is 0 Å². The lowest BCUT2D eigenvalue weighted by molar-refractivity contribution is -0.119. The SMILES string of the molecule is O=C(O)c1ccc(NC(=O)C2CCS(=O)(=O)C2)c(O)c1. The smallest absolute Gasteiger partial charge is 0.335 e. The molecule has 1 atom stereocenters. The zero-order valence-corrected chi connectivity index (χ0v) is 11.2. The van der Waals surface area contributed by atoms with Crippen LogP contribution in [0.4, 0.5) is 5.69 Å². The van der Waals surface area contributed by atoms with E-state index in [1.807, 2.05) is 0 Å². The van der Waals surface area contributed by atoms with E-state index in [0.717, 1.165) is 6.07 Å². The summed E-state index contributed by atoms with van der Waals surface area (Å²) in [5.41, 5.74) is -0.0479. The Bertz CT molecular complexity index is 667. The second kappa shape index (κ2) is 5.12. The lowest BCUT2D eigenvalue weighted by atomic mass is 10.1. The summed E-state index contributed by atoms with van der Waals surface area (Å²) in [7, 11) is -3.16. The third kappa shape index (κ3) is 3.08. The molecule has 0 saturated carbocycles. The Hall–Kier alpha value is -2.09. The third-order valence-electron chi connectivity index (χ3n) is 3.11. The highest BCUT2D eigenvalue weighted by Crippen LogP contribution is 2.26. The average molecular weight is 299 g/mol. The molecule has 7 nitrogen and oxygen atoms in total. The molecule has 2 rings (SSSR count). The molecule has 1 aromatic carbocycles. The molecule has 1 amide bonds. The quantitative estimate of drug-likeness (QED) is 0.697. The van der Waals surface area contributed by atoms with Crippen molar-refractivity contribution in [1.29, 1.82) is 0 Å². The Morgan fingerprint density at radius 1 is 1.30 bits per heavy atom. The summed E-state index contributed by atoms with van der Waals surface area (Å²) in [5, 5.41) is 20.8. The maximum Gasteiger partial charge on any atom is 0.335 e. The maximum absolute atomic E-state index is 11.9. The minimum absolute atomic E-state index is 0.0188. The van der Waals surface area contributed by atoms with E-state index in [1.165, 1.54) is 12.1 Å². The number of aromatic carboxylic acids is 1. The van der Waals surface area contributed by atoms with Crippen LogP contribution in [0.15, 0.2) is 18.2 Å². The van der Waals surface area contributed by atoms with Gasteiger partial charge in [0.1, 0.15) is 5.75 Å².